The van der Waals surface area contributed by atoms with Gasteiger partial charge in [0.25, 0.3) is 0 Å². The maximum Gasteiger partial charge on any atom is 0.317 e. The first-order chi connectivity index (χ1) is 9.43. The van der Waals surface area contributed by atoms with Crippen molar-refractivity contribution >= 4 is 12.0 Å². The van der Waals surface area contributed by atoms with Crippen molar-refractivity contribution < 1.29 is 14.7 Å². The zero-order valence-corrected chi connectivity index (χ0v) is 12.2. The van der Waals surface area contributed by atoms with E-state index < -0.39 is 11.4 Å². The van der Waals surface area contributed by atoms with Crippen LogP contribution >= 0.6 is 0 Å². The second-order valence-corrected chi connectivity index (χ2v) is 5.65. The summed E-state index contributed by atoms with van der Waals surface area (Å²) >= 11 is 0. The monoisotopic (exact) mass is 281 g/mol. The molecule has 1 saturated carbocycles. The summed E-state index contributed by atoms with van der Waals surface area (Å²) in [5, 5.41) is 20.7. The molecule has 0 saturated heterocycles. The van der Waals surface area contributed by atoms with Gasteiger partial charge < -0.3 is 15.3 Å². The molecule has 0 atom stereocenters. The van der Waals surface area contributed by atoms with E-state index in [2.05, 4.69) is 5.32 Å². The molecular formula is C14H23N3O3. The van der Waals surface area contributed by atoms with Crippen molar-refractivity contribution in [3.05, 3.63) is 0 Å². The number of nitriles is 1. The van der Waals surface area contributed by atoms with E-state index in [0.717, 1.165) is 12.8 Å². The van der Waals surface area contributed by atoms with Gasteiger partial charge in [-0.05, 0) is 26.7 Å². The number of carboxylic acids is 1. The predicted octanol–water partition coefficient (Wildman–Crippen LogP) is 1.97. The van der Waals surface area contributed by atoms with Gasteiger partial charge in [-0.15, -0.1) is 0 Å². The van der Waals surface area contributed by atoms with Gasteiger partial charge in [0.1, 0.15) is 0 Å². The number of nitrogens with zero attached hydrogens (tertiary/aromatic N) is 2. The van der Waals surface area contributed by atoms with Gasteiger partial charge in [-0.25, -0.2) is 4.79 Å². The molecule has 0 heterocycles. The molecule has 112 valence electrons. The quantitative estimate of drug-likeness (QED) is 0.778. The number of aliphatic carboxylic acids is 1. The fourth-order valence-electron chi connectivity index (χ4n) is 2.63. The van der Waals surface area contributed by atoms with Gasteiger partial charge in [0.15, 0.2) is 0 Å². The van der Waals surface area contributed by atoms with E-state index in [1.165, 1.54) is 0 Å². The van der Waals surface area contributed by atoms with Crippen molar-refractivity contribution in [3.8, 4) is 6.07 Å². The molecule has 0 unspecified atom stereocenters. The Hall–Kier alpha value is -1.77. The number of rotatable bonds is 6. The number of urea groups is 1. The largest absolute Gasteiger partial charge is 0.481 e. The van der Waals surface area contributed by atoms with Gasteiger partial charge in [0.05, 0.1) is 17.9 Å². The maximum atomic E-state index is 12.1. The van der Waals surface area contributed by atoms with Crippen LogP contribution in [0.5, 0.6) is 0 Å². The minimum atomic E-state index is -0.830. The van der Waals surface area contributed by atoms with Crippen LogP contribution in [0, 0.1) is 16.7 Å². The normalized spacial score (nSPS) is 16.7. The van der Waals surface area contributed by atoms with Crippen LogP contribution in [0.1, 0.15) is 46.0 Å². The zero-order valence-electron chi connectivity index (χ0n) is 12.2. The summed E-state index contributed by atoms with van der Waals surface area (Å²) in [4.78, 5) is 25.1. The smallest absolute Gasteiger partial charge is 0.317 e. The highest BCUT2D eigenvalue weighted by Gasteiger charge is 2.41. The highest BCUT2D eigenvalue weighted by Crippen LogP contribution is 2.37. The van der Waals surface area contributed by atoms with Gasteiger partial charge in [-0.3, -0.25) is 4.79 Å². The second kappa shape index (κ2) is 7.13. The lowest BCUT2D eigenvalue weighted by atomic mass is 9.86. The van der Waals surface area contributed by atoms with Gasteiger partial charge in [-0.2, -0.15) is 5.26 Å². The van der Waals surface area contributed by atoms with Gasteiger partial charge in [-0.1, -0.05) is 12.8 Å². The van der Waals surface area contributed by atoms with Crippen LogP contribution in [0.3, 0.4) is 0 Å². The Bertz CT molecular complexity index is 395. The Balaban J connectivity index is 2.60. The predicted molar refractivity (Wildman–Crippen MR) is 74.0 cm³/mol. The fraction of sp³-hybridized carbons (Fsp3) is 0.786. The summed E-state index contributed by atoms with van der Waals surface area (Å²) in [6.07, 6.45) is 3.29. The van der Waals surface area contributed by atoms with Crippen LogP contribution in [0.2, 0.25) is 0 Å². The van der Waals surface area contributed by atoms with Crippen LogP contribution in [-0.2, 0) is 4.79 Å². The molecule has 6 heteroatoms. The maximum absolute atomic E-state index is 12.1. The summed E-state index contributed by atoms with van der Waals surface area (Å²) in [6.45, 7) is 4.27. The second-order valence-electron chi connectivity index (χ2n) is 5.65. The van der Waals surface area contributed by atoms with Crippen molar-refractivity contribution in [1.82, 2.24) is 10.2 Å². The van der Waals surface area contributed by atoms with E-state index in [4.69, 9.17) is 5.26 Å². The average Bonchev–Trinajstić information content (AvgIpc) is 2.86. The lowest BCUT2D eigenvalue weighted by Crippen LogP contribution is -2.49. The number of carbonyl (C=O) groups excluding carboxylic acids is 1. The molecule has 1 fully saturated rings. The van der Waals surface area contributed by atoms with Gasteiger partial charge in [0, 0.05) is 19.1 Å². The van der Waals surface area contributed by atoms with Gasteiger partial charge in [0.2, 0.25) is 0 Å². The topological polar surface area (TPSA) is 93.4 Å². The van der Waals surface area contributed by atoms with E-state index in [9.17, 15) is 14.7 Å². The van der Waals surface area contributed by atoms with E-state index in [0.29, 0.717) is 19.4 Å². The number of hydrogen-bond donors (Lipinski definition) is 2. The van der Waals surface area contributed by atoms with Crippen molar-refractivity contribution in [2.24, 2.45) is 5.41 Å². The van der Waals surface area contributed by atoms with Gasteiger partial charge >= 0.3 is 12.0 Å². The summed E-state index contributed by atoms with van der Waals surface area (Å²) in [6, 6.07) is 1.71. The molecule has 1 aliphatic rings. The Kier molecular flexibility index (Phi) is 5.81. The number of hydrogen-bond acceptors (Lipinski definition) is 3. The van der Waals surface area contributed by atoms with Crippen LogP contribution < -0.4 is 5.32 Å². The molecule has 20 heavy (non-hydrogen) atoms. The number of carboxylic acid groups (broad SMARTS) is 1. The average molecular weight is 281 g/mol. The van der Waals surface area contributed by atoms with E-state index >= 15 is 0 Å². The molecule has 1 aliphatic carbocycles. The first kappa shape index (κ1) is 16.3. The van der Waals surface area contributed by atoms with E-state index in [1.54, 1.807) is 4.90 Å². The molecule has 0 spiro atoms. The highest BCUT2D eigenvalue weighted by atomic mass is 16.4. The summed E-state index contributed by atoms with van der Waals surface area (Å²) < 4.78 is 0. The lowest BCUT2D eigenvalue weighted by Gasteiger charge is -2.29. The Morgan fingerprint density at radius 1 is 1.40 bits per heavy atom. The third-order valence-corrected chi connectivity index (χ3v) is 3.94. The summed E-state index contributed by atoms with van der Waals surface area (Å²) in [5.74, 6) is -0.830. The summed E-state index contributed by atoms with van der Waals surface area (Å²) in [7, 11) is 0. The molecule has 2 N–H and O–H groups in total. The lowest BCUT2D eigenvalue weighted by molar-refractivity contribution is -0.148. The Morgan fingerprint density at radius 3 is 2.45 bits per heavy atom. The van der Waals surface area contributed by atoms with E-state index in [-0.39, 0.29) is 25.0 Å². The molecule has 0 radical (unpaired) electrons. The number of nitrogens with one attached hydrogen (secondary N) is 1. The van der Waals surface area contributed by atoms with Crippen molar-refractivity contribution in [2.45, 2.75) is 52.0 Å². The minimum Gasteiger partial charge on any atom is -0.481 e. The molecule has 0 aromatic carbocycles. The molecule has 0 bridgehead atoms. The van der Waals surface area contributed by atoms with Crippen molar-refractivity contribution in [2.75, 3.05) is 13.1 Å². The first-order valence-corrected chi connectivity index (χ1v) is 7.08. The number of carbonyl (C=O) groups is 2. The van der Waals surface area contributed by atoms with Crippen molar-refractivity contribution in [3.63, 3.8) is 0 Å². The summed E-state index contributed by atoms with van der Waals surface area (Å²) in [5.41, 5.74) is -0.812. The first-order valence-electron chi connectivity index (χ1n) is 7.08. The van der Waals surface area contributed by atoms with Crippen LogP contribution in [0.15, 0.2) is 0 Å². The zero-order chi connectivity index (χ0) is 15.2. The molecule has 2 amide bonds. The Labute approximate surface area is 119 Å². The highest BCUT2D eigenvalue weighted by molar-refractivity contribution is 5.78. The number of amides is 2. The SMILES string of the molecule is CC(C)N(CCC#N)C(=O)NCC1(C(=O)O)CCCC1. The van der Waals surface area contributed by atoms with Crippen LogP contribution in [0.25, 0.3) is 0 Å². The third-order valence-electron chi connectivity index (χ3n) is 3.94. The minimum absolute atomic E-state index is 0.0206. The standard InChI is InChI=1S/C14H23N3O3/c1-11(2)17(9-5-8-15)13(20)16-10-14(12(18)19)6-3-4-7-14/h11H,3-7,9-10H2,1-2H3,(H,16,20)(H,18,19). The molecular weight excluding hydrogens is 258 g/mol. The van der Waals surface area contributed by atoms with E-state index in [1.807, 2.05) is 19.9 Å². The van der Waals surface area contributed by atoms with Crippen LogP contribution in [0.4, 0.5) is 4.79 Å². The molecule has 0 aromatic rings. The Morgan fingerprint density at radius 2 is 2.00 bits per heavy atom. The van der Waals surface area contributed by atoms with Crippen LogP contribution in [-0.4, -0.2) is 41.1 Å². The molecule has 1 rings (SSSR count). The van der Waals surface area contributed by atoms with Crippen molar-refractivity contribution in [1.29, 1.82) is 5.26 Å². The fourth-order valence-corrected chi connectivity index (χ4v) is 2.63. The molecule has 0 aliphatic heterocycles. The third kappa shape index (κ3) is 3.86. The molecule has 0 aromatic heterocycles. The molecule has 6 nitrogen and oxygen atoms in total.